The Bertz CT molecular complexity index is 687. The molecule has 0 atom stereocenters. The Morgan fingerprint density at radius 3 is 2.09 bits per heavy atom. The predicted molar refractivity (Wildman–Crippen MR) is 76.9 cm³/mol. The second-order valence-corrected chi connectivity index (χ2v) is 4.49. The summed E-state index contributed by atoms with van der Waals surface area (Å²) in [5, 5.41) is 19.2. The van der Waals surface area contributed by atoms with Crippen molar-refractivity contribution < 1.29 is 29.3 Å². The molecular formula is C16H14O6. The fraction of sp³-hybridized carbons (Fsp3) is 0.125. The van der Waals surface area contributed by atoms with E-state index in [9.17, 15) is 19.8 Å². The molecule has 0 spiro atoms. The summed E-state index contributed by atoms with van der Waals surface area (Å²) in [4.78, 5) is 22.7. The molecule has 0 saturated carbocycles. The second-order valence-electron chi connectivity index (χ2n) is 4.49. The standard InChI is InChI=1S/C16H14O6/c1-10(17)21-11-4-2-5-12(8-11)22-16(20)9-13-14(18)6-3-7-15(13)19/h2-8,18-19H,9H2,1H3. The lowest BCUT2D eigenvalue weighted by Gasteiger charge is -2.08. The molecule has 6 heteroatoms. The number of ether oxygens (including phenoxy) is 2. The third-order valence-corrected chi connectivity index (χ3v) is 2.75. The number of esters is 2. The first-order valence-electron chi connectivity index (χ1n) is 6.44. The fourth-order valence-corrected chi connectivity index (χ4v) is 1.82. The van der Waals surface area contributed by atoms with Gasteiger partial charge >= 0.3 is 11.9 Å². The molecule has 0 amide bonds. The smallest absolute Gasteiger partial charge is 0.315 e. The molecule has 0 fully saturated rings. The van der Waals surface area contributed by atoms with Crippen LogP contribution >= 0.6 is 0 Å². The molecule has 0 radical (unpaired) electrons. The van der Waals surface area contributed by atoms with Gasteiger partial charge in [0.05, 0.1) is 6.42 Å². The van der Waals surface area contributed by atoms with Crippen LogP contribution in [0.2, 0.25) is 0 Å². The van der Waals surface area contributed by atoms with Crippen molar-refractivity contribution in [3.05, 3.63) is 48.0 Å². The van der Waals surface area contributed by atoms with E-state index in [4.69, 9.17) is 9.47 Å². The van der Waals surface area contributed by atoms with E-state index in [0.717, 1.165) is 0 Å². The number of phenolic OH excluding ortho intramolecular Hbond substituents is 2. The Morgan fingerprint density at radius 1 is 0.955 bits per heavy atom. The van der Waals surface area contributed by atoms with Crippen LogP contribution in [-0.2, 0) is 16.0 Å². The van der Waals surface area contributed by atoms with E-state index < -0.39 is 11.9 Å². The van der Waals surface area contributed by atoms with Gasteiger partial charge in [-0.25, -0.2) is 0 Å². The van der Waals surface area contributed by atoms with Crippen LogP contribution in [0.25, 0.3) is 0 Å². The Kier molecular flexibility index (Phi) is 4.63. The average molecular weight is 302 g/mol. The lowest BCUT2D eigenvalue weighted by Crippen LogP contribution is -2.11. The fourth-order valence-electron chi connectivity index (χ4n) is 1.82. The molecule has 2 aromatic rings. The third-order valence-electron chi connectivity index (χ3n) is 2.75. The molecule has 0 aliphatic carbocycles. The number of hydrogen-bond donors (Lipinski definition) is 2. The van der Waals surface area contributed by atoms with Crippen molar-refractivity contribution in [1.82, 2.24) is 0 Å². The molecule has 0 bridgehead atoms. The summed E-state index contributed by atoms with van der Waals surface area (Å²) < 4.78 is 9.98. The topological polar surface area (TPSA) is 93.1 Å². The minimum atomic E-state index is -0.670. The van der Waals surface area contributed by atoms with Crippen molar-refractivity contribution in [1.29, 1.82) is 0 Å². The van der Waals surface area contributed by atoms with Crippen LogP contribution in [0.1, 0.15) is 12.5 Å². The highest BCUT2D eigenvalue weighted by Crippen LogP contribution is 2.27. The first-order valence-corrected chi connectivity index (χ1v) is 6.44. The minimum absolute atomic E-state index is 0.0867. The van der Waals surface area contributed by atoms with Crippen molar-refractivity contribution in [3.63, 3.8) is 0 Å². The van der Waals surface area contributed by atoms with E-state index in [0.29, 0.717) is 0 Å². The lowest BCUT2D eigenvalue weighted by atomic mass is 10.1. The summed E-state index contributed by atoms with van der Waals surface area (Å²) in [6.07, 6.45) is -0.295. The molecule has 0 aliphatic heterocycles. The maximum atomic E-state index is 11.9. The van der Waals surface area contributed by atoms with E-state index in [1.807, 2.05) is 0 Å². The Morgan fingerprint density at radius 2 is 1.50 bits per heavy atom. The van der Waals surface area contributed by atoms with Crippen LogP contribution in [0.15, 0.2) is 42.5 Å². The summed E-state index contributed by atoms with van der Waals surface area (Å²) in [5.41, 5.74) is 0.0867. The van der Waals surface area contributed by atoms with Crippen LogP contribution in [0, 0.1) is 0 Å². The van der Waals surface area contributed by atoms with Gasteiger partial charge in [-0.2, -0.15) is 0 Å². The molecule has 2 aromatic carbocycles. The molecule has 2 N–H and O–H groups in total. The maximum absolute atomic E-state index is 11.9. The first-order chi connectivity index (χ1) is 10.5. The van der Waals surface area contributed by atoms with Gasteiger partial charge in [-0.15, -0.1) is 0 Å². The predicted octanol–water partition coefficient (Wildman–Crippen LogP) is 2.17. The van der Waals surface area contributed by atoms with E-state index >= 15 is 0 Å². The van der Waals surface area contributed by atoms with Crippen molar-refractivity contribution in [3.8, 4) is 23.0 Å². The highest BCUT2D eigenvalue weighted by Gasteiger charge is 2.14. The van der Waals surface area contributed by atoms with Crippen molar-refractivity contribution in [2.45, 2.75) is 13.3 Å². The van der Waals surface area contributed by atoms with Gasteiger partial charge in [-0.1, -0.05) is 12.1 Å². The largest absolute Gasteiger partial charge is 0.508 e. The number of hydrogen-bond acceptors (Lipinski definition) is 6. The number of phenols is 2. The summed E-state index contributed by atoms with van der Waals surface area (Å²) >= 11 is 0. The Hall–Kier alpha value is -3.02. The molecule has 2 rings (SSSR count). The number of carbonyl (C=O) groups is 2. The van der Waals surface area contributed by atoms with Crippen LogP contribution in [0.3, 0.4) is 0 Å². The minimum Gasteiger partial charge on any atom is -0.508 e. The maximum Gasteiger partial charge on any atom is 0.315 e. The van der Waals surface area contributed by atoms with Crippen LogP contribution < -0.4 is 9.47 Å². The van der Waals surface area contributed by atoms with Crippen molar-refractivity contribution in [2.24, 2.45) is 0 Å². The SMILES string of the molecule is CC(=O)Oc1cccc(OC(=O)Cc2c(O)cccc2O)c1. The molecule has 0 unspecified atom stereocenters. The van der Waals surface area contributed by atoms with Gasteiger partial charge in [-0.05, 0) is 24.3 Å². The van der Waals surface area contributed by atoms with Gasteiger partial charge in [0.25, 0.3) is 0 Å². The zero-order chi connectivity index (χ0) is 16.1. The number of benzene rings is 2. The van der Waals surface area contributed by atoms with Gasteiger partial charge in [0.1, 0.15) is 23.0 Å². The Labute approximate surface area is 126 Å². The molecule has 6 nitrogen and oxygen atoms in total. The summed E-state index contributed by atoms with van der Waals surface area (Å²) in [5.74, 6) is -1.09. The molecule has 0 aliphatic rings. The number of rotatable bonds is 4. The van der Waals surface area contributed by atoms with Crippen LogP contribution in [0.5, 0.6) is 23.0 Å². The second kappa shape index (κ2) is 6.62. The van der Waals surface area contributed by atoms with Gasteiger partial charge in [0, 0.05) is 18.6 Å². The van der Waals surface area contributed by atoms with Gasteiger partial charge in [-0.3, -0.25) is 9.59 Å². The van der Waals surface area contributed by atoms with E-state index in [1.165, 1.54) is 37.3 Å². The van der Waals surface area contributed by atoms with Crippen LogP contribution in [0.4, 0.5) is 0 Å². The molecule has 114 valence electrons. The summed E-state index contributed by atoms with van der Waals surface area (Å²) in [6.45, 7) is 1.26. The van der Waals surface area contributed by atoms with E-state index in [2.05, 4.69) is 0 Å². The molecule has 0 saturated heterocycles. The molecule has 0 heterocycles. The average Bonchev–Trinajstić information content (AvgIpc) is 2.42. The van der Waals surface area contributed by atoms with Crippen LogP contribution in [-0.4, -0.2) is 22.2 Å². The summed E-state index contributed by atoms with van der Waals surface area (Å²) in [6, 6.07) is 10.2. The quantitative estimate of drug-likeness (QED) is 0.664. The van der Waals surface area contributed by atoms with E-state index in [-0.39, 0.29) is 35.0 Å². The first kappa shape index (κ1) is 15.4. The lowest BCUT2D eigenvalue weighted by molar-refractivity contribution is -0.133. The number of carbonyl (C=O) groups excluding carboxylic acids is 2. The molecular weight excluding hydrogens is 288 g/mol. The van der Waals surface area contributed by atoms with Crippen molar-refractivity contribution >= 4 is 11.9 Å². The molecule has 0 aromatic heterocycles. The number of aromatic hydroxyl groups is 2. The van der Waals surface area contributed by atoms with Crippen molar-refractivity contribution in [2.75, 3.05) is 0 Å². The Balaban J connectivity index is 2.08. The molecule has 22 heavy (non-hydrogen) atoms. The van der Waals surface area contributed by atoms with E-state index in [1.54, 1.807) is 12.1 Å². The highest BCUT2D eigenvalue weighted by atomic mass is 16.5. The monoisotopic (exact) mass is 302 g/mol. The normalized spacial score (nSPS) is 10.0. The van der Waals surface area contributed by atoms with Gasteiger partial charge in [0.2, 0.25) is 0 Å². The summed E-state index contributed by atoms with van der Waals surface area (Å²) in [7, 11) is 0. The van der Waals surface area contributed by atoms with Gasteiger partial charge < -0.3 is 19.7 Å². The zero-order valence-corrected chi connectivity index (χ0v) is 11.8. The zero-order valence-electron chi connectivity index (χ0n) is 11.8. The third kappa shape index (κ3) is 3.99. The highest BCUT2D eigenvalue weighted by molar-refractivity contribution is 5.77. The van der Waals surface area contributed by atoms with Gasteiger partial charge in [0.15, 0.2) is 0 Å².